The monoisotopic (exact) mass is 248 g/mol. The normalized spacial score (nSPS) is 10.3. The SMILES string of the molecule is CCOC(=O)c1c[nH]c2cc(OC)cnc2c1=O. The van der Waals surface area contributed by atoms with Gasteiger partial charge >= 0.3 is 5.97 Å². The van der Waals surface area contributed by atoms with E-state index in [1.807, 2.05) is 0 Å². The quantitative estimate of drug-likeness (QED) is 0.823. The van der Waals surface area contributed by atoms with Crippen LogP contribution in [0.2, 0.25) is 0 Å². The van der Waals surface area contributed by atoms with Gasteiger partial charge in [0.1, 0.15) is 16.8 Å². The van der Waals surface area contributed by atoms with Gasteiger partial charge in [-0.1, -0.05) is 0 Å². The lowest BCUT2D eigenvalue weighted by atomic mass is 10.2. The summed E-state index contributed by atoms with van der Waals surface area (Å²) in [6, 6.07) is 1.64. The fourth-order valence-electron chi connectivity index (χ4n) is 1.55. The van der Waals surface area contributed by atoms with E-state index >= 15 is 0 Å². The minimum atomic E-state index is -0.654. The molecule has 0 amide bonds. The first-order chi connectivity index (χ1) is 8.67. The number of carbonyl (C=O) groups is 1. The molecule has 0 saturated carbocycles. The molecule has 0 saturated heterocycles. The Morgan fingerprint density at radius 3 is 2.94 bits per heavy atom. The first-order valence-corrected chi connectivity index (χ1v) is 5.40. The van der Waals surface area contributed by atoms with Crippen LogP contribution in [-0.4, -0.2) is 29.7 Å². The predicted octanol–water partition coefficient (Wildman–Crippen LogP) is 1.11. The van der Waals surface area contributed by atoms with Gasteiger partial charge in [0.05, 0.1) is 25.4 Å². The molecule has 0 unspecified atom stereocenters. The van der Waals surface area contributed by atoms with Crippen molar-refractivity contribution in [1.82, 2.24) is 9.97 Å². The number of aromatic nitrogens is 2. The highest BCUT2D eigenvalue weighted by molar-refractivity contribution is 5.92. The Bertz CT molecular complexity index is 648. The van der Waals surface area contributed by atoms with Gasteiger partial charge in [-0.3, -0.25) is 4.79 Å². The number of hydrogen-bond donors (Lipinski definition) is 1. The molecule has 0 fully saturated rings. The van der Waals surface area contributed by atoms with E-state index in [0.29, 0.717) is 11.3 Å². The molecule has 2 aromatic heterocycles. The van der Waals surface area contributed by atoms with E-state index in [2.05, 4.69) is 9.97 Å². The molecule has 94 valence electrons. The topological polar surface area (TPSA) is 81.3 Å². The number of esters is 1. The van der Waals surface area contributed by atoms with E-state index in [9.17, 15) is 9.59 Å². The molecule has 0 spiro atoms. The van der Waals surface area contributed by atoms with Crippen molar-refractivity contribution in [1.29, 1.82) is 0 Å². The average Bonchev–Trinajstić information content (AvgIpc) is 2.38. The number of carbonyl (C=O) groups excluding carboxylic acids is 1. The first kappa shape index (κ1) is 12.1. The fraction of sp³-hybridized carbons (Fsp3) is 0.250. The molecule has 2 aromatic rings. The molecule has 0 bridgehead atoms. The van der Waals surface area contributed by atoms with Crippen LogP contribution < -0.4 is 10.2 Å². The van der Waals surface area contributed by atoms with Gasteiger partial charge in [0.25, 0.3) is 0 Å². The van der Waals surface area contributed by atoms with Crippen molar-refractivity contribution in [2.75, 3.05) is 13.7 Å². The molecular weight excluding hydrogens is 236 g/mol. The zero-order chi connectivity index (χ0) is 13.1. The third-order valence-corrected chi connectivity index (χ3v) is 2.43. The summed E-state index contributed by atoms with van der Waals surface area (Å²) >= 11 is 0. The smallest absolute Gasteiger partial charge is 0.343 e. The van der Waals surface area contributed by atoms with Crippen LogP contribution in [0.15, 0.2) is 23.3 Å². The predicted molar refractivity (Wildman–Crippen MR) is 64.9 cm³/mol. The molecule has 0 aliphatic rings. The Morgan fingerprint density at radius 1 is 1.50 bits per heavy atom. The van der Waals surface area contributed by atoms with Gasteiger partial charge in [0.15, 0.2) is 0 Å². The van der Waals surface area contributed by atoms with E-state index in [-0.39, 0.29) is 17.7 Å². The Hall–Kier alpha value is -2.37. The maximum absolute atomic E-state index is 12.0. The number of fused-ring (bicyclic) bond motifs is 1. The molecule has 0 radical (unpaired) electrons. The number of H-pyrrole nitrogens is 1. The second-order valence-corrected chi connectivity index (χ2v) is 3.52. The summed E-state index contributed by atoms with van der Waals surface area (Å²) in [6.45, 7) is 1.89. The Labute approximate surface area is 103 Å². The lowest BCUT2D eigenvalue weighted by Crippen LogP contribution is -2.18. The number of rotatable bonds is 3. The second kappa shape index (κ2) is 4.87. The van der Waals surface area contributed by atoms with Crippen LogP contribution in [0.3, 0.4) is 0 Å². The zero-order valence-corrected chi connectivity index (χ0v) is 10.0. The standard InChI is InChI=1S/C12H12N2O4/c1-3-18-12(16)8-6-13-9-4-7(17-2)5-14-10(9)11(8)15/h4-6H,3H2,1-2H3,(H,13,15). The highest BCUT2D eigenvalue weighted by Crippen LogP contribution is 2.14. The maximum Gasteiger partial charge on any atom is 0.343 e. The summed E-state index contributed by atoms with van der Waals surface area (Å²) < 4.78 is 9.79. The van der Waals surface area contributed by atoms with Crippen LogP contribution in [0, 0.1) is 0 Å². The highest BCUT2D eigenvalue weighted by Gasteiger charge is 2.14. The van der Waals surface area contributed by atoms with Crippen molar-refractivity contribution in [3.8, 4) is 5.75 Å². The van der Waals surface area contributed by atoms with E-state index in [4.69, 9.17) is 9.47 Å². The van der Waals surface area contributed by atoms with Crippen LogP contribution in [0.4, 0.5) is 0 Å². The Balaban J connectivity index is 2.58. The molecule has 6 nitrogen and oxygen atoms in total. The van der Waals surface area contributed by atoms with Crippen molar-refractivity contribution in [3.63, 3.8) is 0 Å². The van der Waals surface area contributed by atoms with E-state index in [1.165, 1.54) is 19.5 Å². The van der Waals surface area contributed by atoms with Crippen molar-refractivity contribution < 1.29 is 14.3 Å². The molecule has 2 heterocycles. The Morgan fingerprint density at radius 2 is 2.28 bits per heavy atom. The second-order valence-electron chi connectivity index (χ2n) is 3.52. The third kappa shape index (κ3) is 2.04. The van der Waals surface area contributed by atoms with E-state index in [0.717, 1.165) is 0 Å². The van der Waals surface area contributed by atoms with Gasteiger partial charge in [0, 0.05) is 12.3 Å². The van der Waals surface area contributed by atoms with Crippen LogP contribution in [0.5, 0.6) is 5.75 Å². The lowest BCUT2D eigenvalue weighted by molar-refractivity contribution is 0.0524. The lowest BCUT2D eigenvalue weighted by Gasteiger charge is -2.04. The number of aromatic amines is 1. The summed E-state index contributed by atoms with van der Waals surface area (Å²) in [6.07, 6.45) is 2.75. The van der Waals surface area contributed by atoms with Crippen LogP contribution in [0.1, 0.15) is 17.3 Å². The van der Waals surface area contributed by atoms with Crippen LogP contribution in [-0.2, 0) is 4.74 Å². The van der Waals surface area contributed by atoms with E-state index < -0.39 is 11.4 Å². The molecule has 0 aliphatic heterocycles. The van der Waals surface area contributed by atoms with Crippen molar-refractivity contribution in [2.24, 2.45) is 0 Å². The van der Waals surface area contributed by atoms with Crippen LogP contribution >= 0.6 is 0 Å². The number of nitrogens with zero attached hydrogens (tertiary/aromatic N) is 1. The third-order valence-electron chi connectivity index (χ3n) is 2.43. The number of ether oxygens (including phenoxy) is 2. The van der Waals surface area contributed by atoms with Crippen LogP contribution in [0.25, 0.3) is 11.0 Å². The van der Waals surface area contributed by atoms with Crippen molar-refractivity contribution >= 4 is 17.0 Å². The summed E-state index contributed by atoms with van der Waals surface area (Å²) in [5.74, 6) is -0.125. The molecule has 1 N–H and O–H groups in total. The minimum Gasteiger partial charge on any atom is -0.495 e. The fourth-order valence-corrected chi connectivity index (χ4v) is 1.55. The maximum atomic E-state index is 12.0. The first-order valence-electron chi connectivity index (χ1n) is 5.40. The Kier molecular flexibility index (Phi) is 3.27. The average molecular weight is 248 g/mol. The number of nitrogens with one attached hydrogen (secondary N) is 1. The molecule has 18 heavy (non-hydrogen) atoms. The summed E-state index contributed by atoms with van der Waals surface area (Å²) in [7, 11) is 1.51. The summed E-state index contributed by atoms with van der Waals surface area (Å²) in [5.41, 5.74) is 0.181. The van der Waals surface area contributed by atoms with Gasteiger partial charge < -0.3 is 14.5 Å². The van der Waals surface area contributed by atoms with Gasteiger partial charge in [-0.15, -0.1) is 0 Å². The molecule has 6 heteroatoms. The molecule has 0 aromatic carbocycles. The zero-order valence-electron chi connectivity index (χ0n) is 10.0. The van der Waals surface area contributed by atoms with Crippen molar-refractivity contribution in [2.45, 2.75) is 6.92 Å². The molecule has 0 atom stereocenters. The largest absolute Gasteiger partial charge is 0.495 e. The number of hydrogen-bond acceptors (Lipinski definition) is 5. The number of methoxy groups -OCH3 is 1. The molecule has 2 rings (SSSR count). The van der Waals surface area contributed by atoms with Gasteiger partial charge in [0.2, 0.25) is 5.43 Å². The minimum absolute atomic E-state index is 0.0537. The number of pyridine rings is 2. The molecular formula is C12H12N2O4. The highest BCUT2D eigenvalue weighted by atomic mass is 16.5. The molecule has 0 aliphatic carbocycles. The van der Waals surface area contributed by atoms with Gasteiger partial charge in [-0.25, -0.2) is 9.78 Å². The van der Waals surface area contributed by atoms with Gasteiger partial charge in [-0.2, -0.15) is 0 Å². The van der Waals surface area contributed by atoms with E-state index in [1.54, 1.807) is 13.0 Å². The summed E-state index contributed by atoms with van der Waals surface area (Å²) in [5, 5.41) is 0. The summed E-state index contributed by atoms with van der Waals surface area (Å²) in [4.78, 5) is 30.4. The van der Waals surface area contributed by atoms with Gasteiger partial charge in [-0.05, 0) is 6.92 Å². The van der Waals surface area contributed by atoms with Crippen molar-refractivity contribution in [3.05, 3.63) is 34.2 Å².